The third kappa shape index (κ3) is 5.04. The van der Waals surface area contributed by atoms with Gasteiger partial charge in [-0.15, -0.1) is 0 Å². The Labute approximate surface area is 148 Å². The van der Waals surface area contributed by atoms with Gasteiger partial charge < -0.3 is 10.1 Å². The van der Waals surface area contributed by atoms with Crippen molar-refractivity contribution in [1.29, 1.82) is 0 Å². The summed E-state index contributed by atoms with van der Waals surface area (Å²) in [5.74, 6) is 0.182. The number of nitrogens with one attached hydrogen (secondary N) is 1. The SMILES string of the molecule is C[C@@H](NC(=O)COc1ccc(S(=O)(=O)N(C)C)cc1)c1ccccc1. The molecule has 6 nitrogen and oxygen atoms in total. The first-order chi connectivity index (χ1) is 11.8. The zero-order valence-electron chi connectivity index (χ0n) is 14.5. The van der Waals surface area contributed by atoms with Crippen LogP contribution in [0.4, 0.5) is 0 Å². The minimum atomic E-state index is -3.47. The van der Waals surface area contributed by atoms with Gasteiger partial charge in [0, 0.05) is 14.1 Å². The van der Waals surface area contributed by atoms with Crippen molar-refractivity contribution in [3.8, 4) is 5.75 Å². The number of benzene rings is 2. The summed E-state index contributed by atoms with van der Waals surface area (Å²) in [5, 5.41) is 2.85. The summed E-state index contributed by atoms with van der Waals surface area (Å²) in [5.41, 5.74) is 1.01. The molecular formula is C18H22N2O4S. The van der Waals surface area contributed by atoms with E-state index in [0.717, 1.165) is 9.87 Å². The third-order valence-corrected chi connectivity index (χ3v) is 5.48. The normalized spacial score (nSPS) is 12.6. The lowest BCUT2D eigenvalue weighted by molar-refractivity contribution is -0.123. The number of rotatable bonds is 7. The summed E-state index contributed by atoms with van der Waals surface area (Å²) >= 11 is 0. The lowest BCUT2D eigenvalue weighted by Crippen LogP contribution is -2.31. The van der Waals surface area contributed by atoms with Gasteiger partial charge in [0.1, 0.15) is 5.75 Å². The molecule has 0 fully saturated rings. The predicted octanol–water partition coefficient (Wildman–Crippen LogP) is 2.19. The van der Waals surface area contributed by atoms with E-state index in [1.807, 2.05) is 37.3 Å². The average molecular weight is 362 g/mol. The fraction of sp³-hybridized carbons (Fsp3) is 0.278. The standard InChI is InChI=1S/C18H22N2O4S/c1-14(15-7-5-4-6-8-15)19-18(21)13-24-16-9-11-17(12-10-16)25(22,23)20(2)3/h4-12,14H,13H2,1-3H3,(H,19,21)/t14-/m1/s1. The second kappa shape index (κ2) is 8.13. The van der Waals surface area contributed by atoms with Crippen LogP contribution in [0.1, 0.15) is 18.5 Å². The summed E-state index contributed by atoms with van der Waals surface area (Å²) in [6.45, 7) is 1.76. The number of ether oxygens (including phenoxy) is 1. The van der Waals surface area contributed by atoms with Gasteiger partial charge in [-0.3, -0.25) is 4.79 Å². The van der Waals surface area contributed by atoms with Crippen LogP contribution in [0.3, 0.4) is 0 Å². The van der Waals surface area contributed by atoms with Crippen LogP contribution in [0.5, 0.6) is 5.75 Å². The van der Waals surface area contributed by atoms with Crippen molar-refractivity contribution in [3.05, 3.63) is 60.2 Å². The van der Waals surface area contributed by atoms with Crippen LogP contribution in [0.25, 0.3) is 0 Å². The van der Waals surface area contributed by atoms with Crippen molar-refractivity contribution >= 4 is 15.9 Å². The molecule has 0 aliphatic rings. The molecule has 1 amide bonds. The van der Waals surface area contributed by atoms with E-state index in [9.17, 15) is 13.2 Å². The third-order valence-electron chi connectivity index (χ3n) is 3.65. The number of amides is 1. The lowest BCUT2D eigenvalue weighted by atomic mass is 10.1. The Morgan fingerprint density at radius 2 is 1.68 bits per heavy atom. The van der Waals surface area contributed by atoms with E-state index in [4.69, 9.17) is 4.74 Å². The molecule has 1 N–H and O–H groups in total. The van der Waals surface area contributed by atoms with E-state index in [-0.39, 0.29) is 23.5 Å². The predicted molar refractivity (Wildman–Crippen MR) is 95.8 cm³/mol. The van der Waals surface area contributed by atoms with Crippen molar-refractivity contribution in [2.24, 2.45) is 0 Å². The fourth-order valence-electron chi connectivity index (χ4n) is 2.18. The Morgan fingerprint density at radius 3 is 2.24 bits per heavy atom. The molecule has 2 rings (SSSR count). The number of carbonyl (C=O) groups excluding carboxylic acids is 1. The van der Waals surface area contributed by atoms with Crippen molar-refractivity contribution < 1.29 is 17.9 Å². The molecule has 1 atom stereocenters. The molecule has 0 aliphatic heterocycles. The maximum atomic E-state index is 12.0. The fourth-order valence-corrected chi connectivity index (χ4v) is 3.08. The van der Waals surface area contributed by atoms with E-state index in [1.165, 1.54) is 38.4 Å². The highest BCUT2D eigenvalue weighted by Crippen LogP contribution is 2.18. The van der Waals surface area contributed by atoms with E-state index in [0.29, 0.717) is 5.75 Å². The van der Waals surface area contributed by atoms with E-state index in [1.54, 1.807) is 0 Å². The topological polar surface area (TPSA) is 75.7 Å². The van der Waals surface area contributed by atoms with E-state index in [2.05, 4.69) is 5.32 Å². The molecule has 0 saturated heterocycles. The van der Waals surface area contributed by atoms with Gasteiger partial charge >= 0.3 is 0 Å². The van der Waals surface area contributed by atoms with Crippen LogP contribution in [0.15, 0.2) is 59.5 Å². The molecular weight excluding hydrogens is 340 g/mol. The van der Waals surface area contributed by atoms with Crippen molar-refractivity contribution in [1.82, 2.24) is 9.62 Å². The summed E-state index contributed by atoms with van der Waals surface area (Å²) < 4.78 is 30.5. The summed E-state index contributed by atoms with van der Waals surface area (Å²) in [6.07, 6.45) is 0. The zero-order valence-corrected chi connectivity index (χ0v) is 15.3. The van der Waals surface area contributed by atoms with Crippen LogP contribution in [0, 0.1) is 0 Å². The van der Waals surface area contributed by atoms with Gasteiger partial charge in [-0.05, 0) is 36.8 Å². The quantitative estimate of drug-likeness (QED) is 0.819. The molecule has 0 heterocycles. The lowest BCUT2D eigenvalue weighted by Gasteiger charge is -2.15. The Bertz CT molecular complexity index is 803. The Hall–Kier alpha value is -2.38. The molecule has 0 unspecified atom stereocenters. The molecule has 25 heavy (non-hydrogen) atoms. The molecule has 0 aliphatic carbocycles. The highest BCUT2D eigenvalue weighted by atomic mass is 32.2. The largest absolute Gasteiger partial charge is 0.484 e. The first-order valence-electron chi connectivity index (χ1n) is 7.80. The second-order valence-corrected chi connectivity index (χ2v) is 7.90. The van der Waals surface area contributed by atoms with Gasteiger partial charge in [-0.25, -0.2) is 12.7 Å². The van der Waals surface area contributed by atoms with E-state index >= 15 is 0 Å². The minimum Gasteiger partial charge on any atom is -0.484 e. The molecule has 2 aromatic rings. The Balaban J connectivity index is 1.90. The molecule has 2 aromatic carbocycles. The number of hydrogen-bond donors (Lipinski definition) is 1. The smallest absolute Gasteiger partial charge is 0.258 e. The molecule has 0 bridgehead atoms. The molecule has 0 radical (unpaired) electrons. The van der Waals surface area contributed by atoms with E-state index < -0.39 is 10.0 Å². The highest BCUT2D eigenvalue weighted by Gasteiger charge is 2.17. The average Bonchev–Trinajstić information content (AvgIpc) is 2.61. The Kier molecular flexibility index (Phi) is 6.17. The van der Waals surface area contributed by atoms with Gasteiger partial charge in [-0.2, -0.15) is 0 Å². The first kappa shape index (κ1) is 19.0. The van der Waals surface area contributed by atoms with Gasteiger partial charge in [0.05, 0.1) is 10.9 Å². The first-order valence-corrected chi connectivity index (χ1v) is 9.24. The molecule has 0 saturated carbocycles. The van der Waals surface area contributed by atoms with Gasteiger partial charge in [0.2, 0.25) is 10.0 Å². The van der Waals surface area contributed by atoms with Crippen molar-refractivity contribution in [2.75, 3.05) is 20.7 Å². The van der Waals surface area contributed by atoms with Crippen LogP contribution in [-0.4, -0.2) is 39.3 Å². The van der Waals surface area contributed by atoms with Gasteiger partial charge in [0.15, 0.2) is 6.61 Å². The molecule has 7 heteroatoms. The Morgan fingerprint density at radius 1 is 1.08 bits per heavy atom. The number of hydrogen-bond acceptors (Lipinski definition) is 4. The summed E-state index contributed by atoms with van der Waals surface area (Å²) in [6, 6.07) is 15.5. The summed E-state index contributed by atoms with van der Waals surface area (Å²) in [7, 11) is -0.533. The van der Waals surface area contributed by atoms with Crippen LogP contribution in [0.2, 0.25) is 0 Å². The van der Waals surface area contributed by atoms with Gasteiger partial charge in [0.25, 0.3) is 5.91 Å². The maximum Gasteiger partial charge on any atom is 0.258 e. The maximum absolute atomic E-state index is 12.0. The molecule has 0 spiro atoms. The summed E-state index contributed by atoms with van der Waals surface area (Å²) in [4.78, 5) is 12.2. The number of carbonyl (C=O) groups is 1. The van der Waals surface area contributed by atoms with Crippen molar-refractivity contribution in [2.45, 2.75) is 17.9 Å². The second-order valence-electron chi connectivity index (χ2n) is 5.75. The van der Waals surface area contributed by atoms with Crippen LogP contribution >= 0.6 is 0 Å². The number of nitrogens with zero attached hydrogens (tertiary/aromatic N) is 1. The molecule has 134 valence electrons. The minimum absolute atomic E-state index is 0.120. The highest BCUT2D eigenvalue weighted by molar-refractivity contribution is 7.89. The van der Waals surface area contributed by atoms with Crippen LogP contribution < -0.4 is 10.1 Å². The van der Waals surface area contributed by atoms with Crippen molar-refractivity contribution in [3.63, 3.8) is 0 Å². The van der Waals surface area contributed by atoms with Gasteiger partial charge in [-0.1, -0.05) is 30.3 Å². The van der Waals surface area contributed by atoms with Crippen LogP contribution in [-0.2, 0) is 14.8 Å². The molecule has 0 aromatic heterocycles. The number of sulfonamides is 1. The zero-order chi connectivity index (χ0) is 18.4. The monoisotopic (exact) mass is 362 g/mol.